The molecule has 1 aromatic rings. The molecule has 0 amide bonds. The largest absolute Gasteiger partial charge is 0.494 e. The van der Waals surface area contributed by atoms with Crippen molar-refractivity contribution in [1.82, 2.24) is 10.6 Å². The molecule has 0 aromatic heterocycles. The number of unbranched alkanes of at least 4 members (excludes halogenated alkanes) is 2. The van der Waals surface area contributed by atoms with Gasteiger partial charge in [0.15, 0.2) is 0 Å². The maximum Gasteiger partial charge on any atom is 0.119 e. The van der Waals surface area contributed by atoms with Crippen LogP contribution in [0.4, 0.5) is 0 Å². The molecule has 0 heterocycles. The van der Waals surface area contributed by atoms with Gasteiger partial charge in [0.05, 0.1) is 6.61 Å². The average molecular weight is 290 g/mol. The van der Waals surface area contributed by atoms with Crippen LogP contribution in [0.1, 0.15) is 51.0 Å². The molecule has 0 aliphatic heterocycles. The van der Waals surface area contributed by atoms with Crippen LogP contribution in [0.2, 0.25) is 0 Å². The van der Waals surface area contributed by atoms with E-state index in [0.717, 1.165) is 37.9 Å². The third kappa shape index (κ3) is 7.49. The van der Waals surface area contributed by atoms with Crippen molar-refractivity contribution in [2.45, 2.75) is 58.0 Å². The molecule has 118 valence electrons. The highest BCUT2D eigenvalue weighted by molar-refractivity contribution is 5.28. The molecule has 0 unspecified atom stereocenters. The van der Waals surface area contributed by atoms with Gasteiger partial charge in [0.1, 0.15) is 5.75 Å². The second kappa shape index (κ2) is 9.80. The molecule has 21 heavy (non-hydrogen) atoms. The van der Waals surface area contributed by atoms with Gasteiger partial charge >= 0.3 is 0 Å². The summed E-state index contributed by atoms with van der Waals surface area (Å²) in [6.07, 6.45) is 7.59. The summed E-state index contributed by atoms with van der Waals surface area (Å²) in [5.41, 5.74) is 1.30. The van der Waals surface area contributed by atoms with E-state index >= 15 is 0 Å². The molecule has 1 fully saturated rings. The molecular weight excluding hydrogens is 260 g/mol. The zero-order valence-electron chi connectivity index (χ0n) is 13.4. The van der Waals surface area contributed by atoms with Crippen LogP contribution in [-0.4, -0.2) is 25.7 Å². The summed E-state index contributed by atoms with van der Waals surface area (Å²) in [6.45, 7) is 6.18. The molecule has 1 aliphatic carbocycles. The van der Waals surface area contributed by atoms with Crippen LogP contribution in [0.25, 0.3) is 0 Å². The van der Waals surface area contributed by atoms with Gasteiger partial charge < -0.3 is 15.4 Å². The highest BCUT2D eigenvalue weighted by Crippen LogP contribution is 2.18. The van der Waals surface area contributed by atoms with E-state index in [9.17, 15) is 0 Å². The number of benzene rings is 1. The monoisotopic (exact) mass is 290 g/mol. The predicted octanol–water partition coefficient (Wildman–Crippen LogP) is 3.49. The maximum atomic E-state index is 5.84. The molecular formula is C18H30N2O. The van der Waals surface area contributed by atoms with Gasteiger partial charge in [-0.3, -0.25) is 0 Å². The SMILES string of the molecule is CCCNCc1cccc(OCCCCCNC2CC2)c1. The minimum atomic E-state index is 0.829. The van der Waals surface area contributed by atoms with Crippen LogP contribution in [0.5, 0.6) is 5.75 Å². The first-order valence-corrected chi connectivity index (χ1v) is 8.54. The first-order chi connectivity index (χ1) is 10.4. The molecule has 1 aromatic carbocycles. The van der Waals surface area contributed by atoms with Crippen LogP contribution < -0.4 is 15.4 Å². The number of ether oxygens (including phenoxy) is 1. The van der Waals surface area contributed by atoms with E-state index < -0.39 is 0 Å². The van der Waals surface area contributed by atoms with Crippen molar-refractivity contribution in [1.29, 1.82) is 0 Å². The van der Waals surface area contributed by atoms with Crippen molar-refractivity contribution < 1.29 is 4.74 Å². The standard InChI is InChI=1S/C18H30N2O/c1-2-11-19-15-16-7-6-8-18(14-16)21-13-5-3-4-12-20-17-9-10-17/h6-8,14,17,19-20H,2-5,9-13,15H2,1H3. The normalized spacial score (nSPS) is 14.3. The summed E-state index contributed by atoms with van der Waals surface area (Å²) in [5, 5.41) is 6.97. The van der Waals surface area contributed by atoms with Gasteiger partial charge in [-0.2, -0.15) is 0 Å². The lowest BCUT2D eigenvalue weighted by molar-refractivity contribution is 0.304. The van der Waals surface area contributed by atoms with E-state index in [1.165, 1.54) is 44.2 Å². The number of hydrogen-bond donors (Lipinski definition) is 2. The summed E-state index contributed by atoms with van der Waals surface area (Å²) in [5.74, 6) is 1.00. The Morgan fingerprint density at radius 3 is 2.86 bits per heavy atom. The predicted molar refractivity (Wildman–Crippen MR) is 88.8 cm³/mol. The average Bonchev–Trinajstić information content (AvgIpc) is 3.31. The number of rotatable bonds is 12. The summed E-state index contributed by atoms with van der Waals surface area (Å²) in [6, 6.07) is 9.27. The molecule has 1 saturated carbocycles. The lowest BCUT2D eigenvalue weighted by atomic mass is 10.2. The smallest absolute Gasteiger partial charge is 0.119 e. The lowest BCUT2D eigenvalue weighted by Gasteiger charge is -2.09. The number of hydrogen-bond acceptors (Lipinski definition) is 3. The fraction of sp³-hybridized carbons (Fsp3) is 0.667. The molecule has 0 radical (unpaired) electrons. The van der Waals surface area contributed by atoms with E-state index in [2.05, 4.69) is 41.8 Å². The van der Waals surface area contributed by atoms with Gasteiger partial charge in [-0.1, -0.05) is 19.1 Å². The Hall–Kier alpha value is -1.06. The van der Waals surface area contributed by atoms with E-state index in [4.69, 9.17) is 4.74 Å². The van der Waals surface area contributed by atoms with Crippen molar-refractivity contribution in [3.8, 4) is 5.75 Å². The first kappa shape index (κ1) is 16.3. The second-order valence-electron chi connectivity index (χ2n) is 5.96. The van der Waals surface area contributed by atoms with Crippen LogP contribution >= 0.6 is 0 Å². The minimum Gasteiger partial charge on any atom is -0.494 e. The molecule has 2 rings (SSSR count). The zero-order chi connectivity index (χ0) is 14.8. The van der Waals surface area contributed by atoms with Gasteiger partial charge in [-0.15, -0.1) is 0 Å². The Labute approximate surface area is 129 Å². The van der Waals surface area contributed by atoms with Crippen molar-refractivity contribution in [2.24, 2.45) is 0 Å². The molecule has 0 saturated heterocycles. The Bertz CT molecular complexity index is 391. The van der Waals surface area contributed by atoms with E-state index in [1.54, 1.807) is 0 Å². The Balaban J connectivity index is 1.53. The fourth-order valence-corrected chi connectivity index (χ4v) is 2.34. The Morgan fingerprint density at radius 1 is 1.14 bits per heavy atom. The van der Waals surface area contributed by atoms with Gasteiger partial charge in [-0.05, 0) is 69.3 Å². The first-order valence-electron chi connectivity index (χ1n) is 8.54. The third-order valence-electron chi connectivity index (χ3n) is 3.75. The van der Waals surface area contributed by atoms with Gasteiger partial charge in [0.2, 0.25) is 0 Å². The van der Waals surface area contributed by atoms with Crippen LogP contribution in [0.3, 0.4) is 0 Å². The summed E-state index contributed by atoms with van der Waals surface area (Å²) in [4.78, 5) is 0. The van der Waals surface area contributed by atoms with Crippen molar-refractivity contribution in [3.05, 3.63) is 29.8 Å². The summed E-state index contributed by atoms with van der Waals surface area (Å²) >= 11 is 0. The lowest BCUT2D eigenvalue weighted by Crippen LogP contribution is -2.17. The second-order valence-corrected chi connectivity index (χ2v) is 5.96. The highest BCUT2D eigenvalue weighted by atomic mass is 16.5. The van der Waals surface area contributed by atoms with Crippen LogP contribution in [0, 0.1) is 0 Å². The molecule has 0 bridgehead atoms. The van der Waals surface area contributed by atoms with Crippen molar-refractivity contribution in [2.75, 3.05) is 19.7 Å². The van der Waals surface area contributed by atoms with Gasteiger partial charge in [-0.25, -0.2) is 0 Å². The zero-order valence-corrected chi connectivity index (χ0v) is 13.4. The Morgan fingerprint density at radius 2 is 2.05 bits per heavy atom. The van der Waals surface area contributed by atoms with Crippen LogP contribution in [0.15, 0.2) is 24.3 Å². The summed E-state index contributed by atoms with van der Waals surface area (Å²) < 4.78 is 5.84. The Kier molecular flexibility index (Phi) is 7.61. The fourth-order valence-electron chi connectivity index (χ4n) is 2.34. The molecule has 3 nitrogen and oxygen atoms in total. The summed E-state index contributed by atoms with van der Waals surface area (Å²) in [7, 11) is 0. The van der Waals surface area contributed by atoms with Gasteiger partial charge in [0.25, 0.3) is 0 Å². The van der Waals surface area contributed by atoms with Crippen molar-refractivity contribution >= 4 is 0 Å². The topological polar surface area (TPSA) is 33.3 Å². The minimum absolute atomic E-state index is 0.829. The van der Waals surface area contributed by atoms with Gasteiger partial charge in [0, 0.05) is 12.6 Å². The third-order valence-corrected chi connectivity index (χ3v) is 3.75. The highest BCUT2D eigenvalue weighted by Gasteiger charge is 2.19. The molecule has 0 spiro atoms. The quantitative estimate of drug-likeness (QED) is 0.578. The maximum absolute atomic E-state index is 5.84. The molecule has 2 N–H and O–H groups in total. The van der Waals surface area contributed by atoms with E-state index in [0.29, 0.717) is 0 Å². The van der Waals surface area contributed by atoms with E-state index in [-0.39, 0.29) is 0 Å². The molecule has 1 aliphatic rings. The van der Waals surface area contributed by atoms with Crippen LogP contribution in [-0.2, 0) is 6.54 Å². The molecule has 0 atom stereocenters. The van der Waals surface area contributed by atoms with E-state index in [1.807, 2.05) is 0 Å². The number of nitrogens with one attached hydrogen (secondary N) is 2. The van der Waals surface area contributed by atoms with Crippen molar-refractivity contribution in [3.63, 3.8) is 0 Å². The molecule has 3 heteroatoms.